The normalized spacial score (nSPS) is 19.1. The summed E-state index contributed by atoms with van der Waals surface area (Å²) in [6.07, 6.45) is 9.34. The molecule has 43 heavy (non-hydrogen) atoms. The van der Waals surface area contributed by atoms with Gasteiger partial charge in [-0.2, -0.15) is 10.2 Å². The van der Waals surface area contributed by atoms with Crippen LogP contribution in [-0.2, 0) is 17.8 Å². The first-order valence-corrected chi connectivity index (χ1v) is 15.7. The number of rotatable bonds is 4. The molecule has 8 heteroatoms. The van der Waals surface area contributed by atoms with Crippen molar-refractivity contribution in [1.29, 1.82) is 0 Å². The molecule has 6 rings (SSSR count). The number of fused-ring (bicyclic) bond motifs is 2. The van der Waals surface area contributed by atoms with Crippen LogP contribution >= 0.6 is 0 Å². The number of allylic oxidation sites excluding steroid dienone is 1. The molecular formula is C35H46N6O2. The summed E-state index contributed by atoms with van der Waals surface area (Å²) in [4.78, 5) is 19.2. The van der Waals surface area contributed by atoms with Crippen LogP contribution in [0.5, 0.6) is 0 Å². The summed E-state index contributed by atoms with van der Waals surface area (Å²) in [5, 5.41) is 11.3. The monoisotopic (exact) mass is 582 g/mol. The van der Waals surface area contributed by atoms with Crippen LogP contribution in [0.2, 0.25) is 0 Å². The number of ether oxygens (including phenoxy) is 1. The Bertz CT molecular complexity index is 1650. The van der Waals surface area contributed by atoms with Crippen LogP contribution in [-0.4, -0.2) is 55.0 Å². The van der Waals surface area contributed by atoms with Gasteiger partial charge in [-0.3, -0.25) is 19.3 Å². The zero-order valence-corrected chi connectivity index (χ0v) is 26.8. The Hall–Kier alpha value is -3.94. The van der Waals surface area contributed by atoms with E-state index in [4.69, 9.17) is 9.73 Å². The highest BCUT2D eigenvalue weighted by molar-refractivity contribution is 6.03. The number of carbonyl (C=O) groups excluding carboxylic acids is 1. The zero-order chi connectivity index (χ0) is 30.7. The average molecular weight is 583 g/mol. The summed E-state index contributed by atoms with van der Waals surface area (Å²) >= 11 is 0. The van der Waals surface area contributed by atoms with Crippen molar-refractivity contribution < 1.29 is 9.53 Å². The van der Waals surface area contributed by atoms with Gasteiger partial charge < -0.3 is 4.74 Å². The molecule has 0 saturated carbocycles. The molecule has 228 valence electrons. The minimum Gasteiger partial charge on any atom is -0.443 e. The second kappa shape index (κ2) is 12.7. The van der Waals surface area contributed by atoms with Gasteiger partial charge in [0.15, 0.2) is 0 Å². The molecule has 0 fully saturated rings. The predicted octanol–water partition coefficient (Wildman–Crippen LogP) is 7.95. The highest BCUT2D eigenvalue weighted by Crippen LogP contribution is 2.31. The molecule has 4 aromatic rings. The van der Waals surface area contributed by atoms with E-state index in [0.29, 0.717) is 12.5 Å². The maximum Gasteiger partial charge on any atom is 0.414 e. The van der Waals surface area contributed by atoms with E-state index in [0.717, 1.165) is 66.1 Å². The smallest absolute Gasteiger partial charge is 0.414 e. The van der Waals surface area contributed by atoms with Crippen LogP contribution in [0.1, 0.15) is 78.9 Å². The summed E-state index contributed by atoms with van der Waals surface area (Å²) < 4.78 is 9.53. The molecule has 1 amide bonds. The van der Waals surface area contributed by atoms with Crippen LogP contribution < -0.4 is 0 Å². The van der Waals surface area contributed by atoms with Gasteiger partial charge in [0.1, 0.15) is 5.60 Å². The number of aliphatic imine (C=N–C) groups is 1. The predicted molar refractivity (Wildman–Crippen MR) is 175 cm³/mol. The topological polar surface area (TPSA) is 77.5 Å². The van der Waals surface area contributed by atoms with Gasteiger partial charge in [0.2, 0.25) is 0 Å². The first-order chi connectivity index (χ1) is 20.5. The van der Waals surface area contributed by atoms with Gasteiger partial charge in [-0.25, -0.2) is 4.79 Å². The second-order valence-corrected chi connectivity index (χ2v) is 13.0. The van der Waals surface area contributed by atoms with Gasteiger partial charge in [0.05, 0.1) is 16.7 Å². The van der Waals surface area contributed by atoms with Crippen molar-refractivity contribution in [3.8, 4) is 0 Å². The lowest BCUT2D eigenvalue weighted by Gasteiger charge is -2.33. The van der Waals surface area contributed by atoms with Crippen molar-refractivity contribution in [3.05, 3.63) is 66.0 Å². The van der Waals surface area contributed by atoms with Crippen LogP contribution in [0.4, 0.5) is 4.79 Å². The number of hydrogen-bond acceptors (Lipinski definition) is 5. The zero-order valence-electron chi connectivity index (χ0n) is 26.8. The van der Waals surface area contributed by atoms with E-state index in [9.17, 15) is 4.79 Å². The molecule has 0 saturated heterocycles. The minimum absolute atomic E-state index is 0.283. The molecule has 0 radical (unpaired) electrons. The lowest BCUT2D eigenvalue weighted by Crippen LogP contribution is -2.39. The standard InChI is InChI=1S/C20H27N3O2.C15H19N3/c1-6-22-13-16-11-15(8-9-17(16)21-22)18-10-7-14(2)12-23(18)19(24)25-20(3,4)5;1-3-18-10-13-8-12(5-7-15(13)17-18)14-6-4-11(2)9-16-14/h8-11,13-14H,6-7,12H2,1-5H3;5,7-8,10-11H,3-4,6,9H2,1-2H3. The van der Waals surface area contributed by atoms with Crippen molar-refractivity contribution in [1.82, 2.24) is 24.5 Å². The van der Waals surface area contributed by atoms with E-state index in [1.807, 2.05) is 48.5 Å². The molecule has 0 spiro atoms. The van der Waals surface area contributed by atoms with E-state index >= 15 is 0 Å². The van der Waals surface area contributed by atoms with E-state index in [1.165, 1.54) is 23.1 Å². The van der Waals surface area contributed by atoms with Crippen molar-refractivity contribution >= 4 is 39.3 Å². The van der Waals surface area contributed by atoms with E-state index in [1.54, 1.807) is 4.90 Å². The van der Waals surface area contributed by atoms with Gasteiger partial charge in [-0.15, -0.1) is 0 Å². The van der Waals surface area contributed by atoms with Gasteiger partial charge in [0.25, 0.3) is 0 Å². The van der Waals surface area contributed by atoms with Crippen LogP contribution in [0.3, 0.4) is 0 Å². The average Bonchev–Trinajstić information content (AvgIpc) is 3.60. The Labute approximate surface area is 255 Å². The molecule has 2 unspecified atom stereocenters. The lowest BCUT2D eigenvalue weighted by atomic mass is 9.95. The number of benzene rings is 2. The number of carbonyl (C=O) groups is 1. The molecule has 0 bridgehead atoms. The molecule has 2 aliphatic rings. The van der Waals surface area contributed by atoms with Crippen molar-refractivity contribution in [2.24, 2.45) is 16.8 Å². The second-order valence-electron chi connectivity index (χ2n) is 13.0. The Morgan fingerprint density at radius 2 is 1.51 bits per heavy atom. The van der Waals surface area contributed by atoms with Gasteiger partial charge >= 0.3 is 6.09 Å². The first kappa shape index (κ1) is 30.5. The molecule has 0 N–H and O–H groups in total. The maximum absolute atomic E-state index is 12.7. The third-order valence-corrected chi connectivity index (χ3v) is 7.96. The maximum atomic E-state index is 12.7. The molecule has 2 aromatic carbocycles. The van der Waals surface area contributed by atoms with Gasteiger partial charge in [-0.05, 0) is 101 Å². The summed E-state index contributed by atoms with van der Waals surface area (Å²) in [7, 11) is 0. The van der Waals surface area contributed by atoms with Gasteiger partial charge in [-0.1, -0.05) is 32.1 Å². The highest BCUT2D eigenvalue weighted by Gasteiger charge is 2.29. The first-order valence-electron chi connectivity index (χ1n) is 15.7. The third kappa shape index (κ3) is 7.35. The summed E-state index contributed by atoms with van der Waals surface area (Å²) in [5.74, 6) is 1.16. The fraction of sp³-hybridized carbons (Fsp3) is 0.486. The Morgan fingerprint density at radius 1 is 0.907 bits per heavy atom. The Morgan fingerprint density at radius 3 is 2.07 bits per heavy atom. The quantitative estimate of drug-likeness (QED) is 0.245. The molecule has 2 atom stereocenters. The Kier molecular flexibility index (Phi) is 9.04. The van der Waals surface area contributed by atoms with E-state index in [-0.39, 0.29) is 6.09 Å². The fourth-order valence-corrected chi connectivity index (χ4v) is 5.54. The van der Waals surface area contributed by atoms with Gasteiger partial charge in [0, 0.05) is 55.1 Å². The summed E-state index contributed by atoms with van der Waals surface area (Å²) in [5.41, 5.74) is 6.03. The van der Waals surface area contributed by atoms with E-state index < -0.39 is 5.60 Å². The number of aryl methyl sites for hydroxylation is 2. The molecule has 0 aliphatic carbocycles. The molecule has 2 aromatic heterocycles. The van der Waals surface area contributed by atoms with Crippen LogP contribution in [0.15, 0.2) is 59.9 Å². The highest BCUT2D eigenvalue weighted by atomic mass is 16.6. The van der Waals surface area contributed by atoms with Crippen molar-refractivity contribution in [2.45, 2.75) is 86.4 Å². The number of amides is 1. The van der Waals surface area contributed by atoms with Crippen LogP contribution in [0.25, 0.3) is 27.5 Å². The van der Waals surface area contributed by atoms with Crippen molar-refractivity contribution in [3.63, 3.8) is 0 Å². The Balaban J connectivity index is 0.000000180. The number of aromatic nitrogens is 4. The third-order valence-electron chi connectivity index (χ3n) is 7.96. The largest absolute Gasteiger partial charge is 0.443 e. The summed E-state index contributed by atoms with van der Waals surface area (Å²) in [6, 6.07) is 12.6. The number of hydrogen-bond donors (Lipinski definition) is 0. The number of nitrogens with zero attached hydrogens (tertiary/aromatic N) is 6. The lowest BCUT2D eigenvalue weighted by molar-refractivity contribution is 0.0327. The molecule has 8 nitrogen and oxygen atoms in total. The summed E-state index contributed by atoms with van der Waals surface area (Å²) in [6.45, 7) is 17.7. The molecular weight excluding hydrogens is 536 g/mol. The SMILES string of the molecule is CCn1cc2cc(C3=CCC(C)CN3C(=O)OC(C)(C)C)ccc2n1.CCn1cc2cc(C3=NCC(C)CC3)ccc2n1. The molecule has 2 aliphatic heterocycles. The molecule has 4 heterocycles. The van der Waals surface area contributed by atoms with E-state index in [2.05, 4.69) is 74.4 Å². The minimum atomic E-state index is -0.505. The fourth-order valence-electron chi connectivity index (χ4n) is 5.54. The van der Waals surface area contributed by atoms with Crippen molar-refractivity contribution in [2.75, 3.05) is 13.1 Å². The van der Waals surface area contributed by atoms with Crippen LogP contribution in [0, 0.1) is 11.8 Å².